The van der Waals surface area contributed by atoms with Crippen molar-refractivity contribution in [2.24, 2.45) is 5.92 Å². The summed E-state index contributed by atoms with van der Waals surface area (Å²) in [5.74, 6) is 0.433. The van der Waals surface area contributed by atoms with Crippen molar-refractivity contribution in [2.45, 2.75) is 12.5 Å². The Balaban J connectivity index is 1.57. The maximum atomic E-state index is 12.4. The van der Waals surface area contributed by atoms with Crippen molar-refractivity contribution in [1.29, 1.82) is 0 Å². The fourth-order valence-electron chi connectivity index (χ4n) is 3.36. The monoisotopic (exact) mass is 301 g/mol. The van der Waals surface area contributed by atoms with Gasteiger partial charge in [0.2, 0.25) is 0 Å². The molecule has 0 aromatic carbocycles. The molecule has 0 spiro atoms. The largest absolute Gasteiger partial charge is 0.346 e. The predicted octanol–water partition coefficient (Wildman–Crippen LogP) is 1.54. The van der Waals surface area contributed by atoms with Crippen LogP contribution in [0, 0.1) is 5.92 Å². The van der Waals surface area contributed by atoms with Crippen LogP contribution in [0.4, 0.5) is 0 Å². The first-order valence-electron chi connectivity index (χ1n) is 7.10. The van der Waals surface area contributed by atoms with Gasteiger partial charge in [-0.05, 0) is 24.9 Å². The summed E-state index contributed by atoms with van der Waals surface area (Å²) in [6, 6.07) is 1.95. The van der Waals surface area contributed by atoms with Gasteiger partial charge >= 0.3 is 0 Å². The van der Waals surface area contributed by atoms with Crippen molar-refractivity contribution in [1.82, 2.24) is 15.2 Å². The Morgan fingerprint density at radius 2 is 2.38 bits per heavy atom. The molecule has 4 rings (SSSR count). The van der Waals surface area contributed by atoms with E-state index in [0.29, 0.717) is 17.2 Å². The number of amides is 1. The molecule has 2 aliphatic heterocycles. The van der Waals surface area contributed by atoms with Gasteiger partial charge in [0.25, 0.3) is 5.91 Å². The van der Waals surface area contributed by atoms with Crippen molar-refractivity contribution in [3.8, 4) is 0 Å². The van der Waals surface area contributed by atoms with E-state index in [9.17, 15) is 9.59 Å². The number of pyridine rings is 1. The zero-order valence-electron chi connectivity index (χ0n) is 11.4. The minimum atomic E-state index is -0.140. The molecule has 1 amide bonds. The maximum Gasteiger partial charge on any atom is 0.270 e. The Bertz CT molecular complexity index is 727. The molecule has 2 fully saturated rings. The van der Waals surface area contributed by atoms with E-state index in [-0.39, 0.29) is 11.9 Å². The lowest BCUT2D eigenvalue weighted by atomic mass is 10.00. The standard InChI is InChI=1S/C15H15N3O2S/c19-7-10-8-21-14-4-16-12(3-11(10)14)15(20)17-13-6-18-2-1-9(13)5-18/h3-4,7-9,13H,1-2,5-6H2,(H,17,20)/t9-,13?/m0/s1. The lowest BCUT2D eigenvalue weighted by molar-refractivity contribution is 0.0919. The number of nitrogens with zero attached hydrogens (tertiary/aromatic N) is 2. The summed E-state index contributed by atoms with van der Waals surface area (Å²) in [5, 5.41) is 5.70. The van der Waals surface area contributed by atoms with Crippen LogP contribution < -0.4 is 5.32 Å². The fraction of sp³-hybridized carbons (Fsp3) is 0.400. The molecule has 0 radical (unpaired) electrons. The average Bonchev–Trinajstić information content (AvgIpc) is 3.21. The molecule has 6 heteroatoms. The molecule has 108 valence electrons. The van der Waals surface area contributed by atoms with Crippen LogP contribution in [0.1, 0.15) is 27.3 Å². The lowest BCUT2D eigenvalue weighted by Gasteiger charge is -2.22. The van der Waals surface area contributed by atoms with E-state index in [2.05, 4.69) is 15.2 Å². The third-order valence-corrected chi connectivity index (χ3v) is 5.45. The normalized spacial score (nSPS) is 27.1. The molecular weight excluding hydrogens is 286 g/mol. The number of thiophene rings is 1. The van der Waals surface area contributed by atoms with E-state index in [1.54, 1.807) is 17.6 Å². The molecule has 21 heavy (non-hydrogen) atoms. The van der Waals surface area contributed by atoms with Crippen LogP contribution in [0.3, 0.4) is 0 Å². The number of carbonyl (C=O) groups is 2. The van der Waals surface area contributed by atoms with Crippen LogP contribution >= 0.6 is 11.3 Å². The molecule has 0 aliphatic carbocycles. The van der Waals surface area contributed by atoms with E-state index in [1.807, 2.05) is 0 Å². The van der Waals surface area contributed by atoms with Gasteiger partial charge in [-0.15, -0.1) is 11.3 Å². The number of nitrogens with one attached hydrogen (secondary N) is 1. The molecule has 2 aliphatic rings. The summed E-state index contributed by atoms with van der Waals surface area (Å²) < 4.78 is 0.930. The van der Waals surface area contributed by atoms with Crippen LogP contribution in [0.2, 0.25) is 0 Å². The zero-order valence-corrected chi connectivity index (χ0v) is 12.2. The van der Waals surface area contributed by atoms with Gasteiger partial charge in [0, 0.05) is 41.7 Å². The molecule has 2 saturated heterocycles. The fourth-order valence-corrected chi connectivity index (χ4v) is 4.21. The minimum absolute atomic E-state index is 0.140. The van der Waals surface area contributed by atoms with E-state index in [0.717, 1.165) is 42.4 Å². The number of carbonyl (C=O) groups excluding carboxylic acids is 2. The third kappa shape index (κ3) is 2.15. The van der Waals surface area contributed by atoms with Gasteiger partial charge < -0.3 is 10.2 Å². The van der Waals surface area contributed by atoms with Crippen LogP contribution in [-0.2, 0) is 0 Å². The first-order chi connectivity index (χ1) is 10.2. The van der Waals surface area contributed by atoms with Crippen molar-refractivity contribution in [2.75, 3.05) is 19.6 Å². The van der Waals surface area contributed by atoms with Crippen molar-refractivity contribution >= 4 is 33.6 Å². The second kappa shape index (κ2) is 4.89. The number of fused-ring (bicyclic) bond motifs is 3. The summed E-state index contributed by atoms with van der Waals surface area (Å²) >= 11 is 1.47. The van der Waals surface area contributed by atoms with Crippen LogP contribution in [0.5, 0.6) is 0 Å². The number of aromatic nitrogens is 1. The highest BCUT2D eigenvalue weighted by molar-refractivity contribution is 7.17. The van der Waals surface area contributed by atoms with Gasteiger partial charge in [-0.3, -0.25) is 9.59 Å². The number of hydrogen-bond donors (Lipinski definition) is 1. The number of rotatable bonds is 3. The van der Waals surface area contributed by atoms with E-state index in [4.69, 9.17) is 0 Å². The predicted molar refractivity (Wildman–Crippen MR) is 80.8 cm³/mol. The van der Waals surface area contributed by atoms with Gasteiger partial charge in [0.05, 0.1) is 4.70 Å². The number of piperidine rings is 1. The SMILES string of the molecule is O=Cc1csc2cnc(C(=O)NC3CN4CC[C@H]3C4)cc12. The highest BCUT2D eigenvalue weighted by Gasteiger charge is 2.38. The first kappa shape index (κ1) is 12.9. The topological polar surface area (TPSA) is 62.3 Å². The van der Waals surface area contributed by atoms with Gasteiger partial charge in [-0.2, -0.15) is 0 Å². The zero-order chi connectivity index (χ0) is 14.4. The quantitative estimate of drug-likeness (QED) is 0.874. The number of hydrogen-bond acceptors (Lipinski definition) is 5. The Morgan fingerprint density at radius 1 is 1.48 bits per heavy atom. The van der Waals surface area contributed by atoms with Crippen molar-refractivity contribution < 1.29 is 9.59 Å². The molecule has 2 aromatic heterocycles. The molecule has 2 aromatic rings. The van der Waals surface area contributed by atoms with Crippen LogP contribution in [0.25, 0.3) is 10.1 Å². The molecule has 2 bridgehead atoms. The smallest absolute Gasteiger partial charge is 0.270 e. The molecule has 2 unspecified atom stereocenters. The van der Waals surface area contributed by atoms with Gasteiger partial charge in [-0.25, -0.2) is 4.98 Å². The van der Waals surface area contributed by atoms with Crippen LogP contribution in [-0.4, -0.2) is 47.8 Å². The molecule has 5 nitrogen and oxygen atoms in total. The Hall–Kier alpha value is -1.79. The van der Waals surface area contributed by atoms with E-state index >= 15 is 0 Å². The summed E-state index contributed by atoms with van der Waals surface area (Å²) in [5.41, 5.74) is 1.01. The van der Waals surface area contributed by atoms with Crippen molar-refractivity contribution in [3.05, 3.63) is 28.9 Å². The Morgan fingerprint density at radius 3 is 3.10 bits per heavy atom. The number of aldehydes is 1. The summed E-state index contributed by atoms with van der Waals surface area (Å²) in [4.78, 5) is 30.0. The van der Waals surface area contributed by atoms with E-state index in [1.165, 1.54) is 11.3 Å². The summed E-state index contributed by atoms with van der Waals surface area (Å²) in [6.07, 6.45) is 3.66. The molecule has 1 N–H and O–H groups in total. The highest BCUT2D eigenvalue weighted by Crippen LogP contribution is 2.28. The molecular formula is C15H15N3O2S. The van der Waals surface area contributed by atoms with Gasteiger partial charge in [0.1, 0.15) is 5.69 Å². The molecule has 3 atom stereocenters. The first-order valence-corrected chi connectivity index (χ1v) is 7.98. The Labute approximate surface area is 126 Å². The van der Waals surface area contributed by atoms with Crippen molar-refractivity contribution in [3.63, 3.8) is 0 Å². The summed E-state index contributed by atoms with van der Waals surface area (Å²) in [7, 11) is 0. The van der Waals surface area contributed by atoms with Gasteiger partial charge in [-0.1, -0.05) is 0 Å². The third-order valence-electron chi connectivity index (χ3n) is 4.50. The van der Waals surface area contributed by atoms with Crippen LogP contribution in [0.15, 0.2) is 17.6 Å². The Kier molecular flexibility index (Phi) is 3.01. The second-order valence-corrected chi connectivity index (χ2v) is 6.67. The van der Waals surface area contributed by atoms with Gasteiger partial charge in [0.15, 0.2) is 6.29 Å². The highest BCUT2D eigenvalue weighted by atomic mass is 32.1. The second-order valence-electron chi connectivity index (χ2n) is 5.76. The average molecular weight is 301 g/mol. The van der Waals surface area contributed by atoms with E-state index < -0.39 is 0 Å². The summed E-state index contributed by atoms with van der Waals surface area (Å²) in [6.45, 7) is 3.19. The molecule has 4 heterocycles. The minimum Gasteiger partial charge on any atom is -0.346 e. The molecule has 0 saturated carbocycles. The lowest BCUT2D eigenvalue weighted by Crippen LogP contribution is -2.43. The maximum absolute atomic E-state index is 12.4.